The van der Waals surface area contributed by atoms with Crippen LogP contribution in [-0.4, -0.2) is 23.3 Å². The van der Waals surface area contributed by atoms with Crippen molar-refractivity contribution in [2.24, 2.45) is 0 Å². The van der Waals surface area contributed by atoms with Gasteiger partial charge in [-0.2, -0.15) is 0 Å². The van der Waals surface area contributed by atoms with Gasteiger partial charge in [0.1, 0.15) is 5.58 Å². The molecule has 28 heavy (non-hydrogen) atoms. The van der Waals surface area contributed by atoms with Gasteiger partial charge in [-0.15, -0.1) is 0 Å². The van der Waals surface area contributed by atoms with E-state index >= 15 is 0 Å². The monoisotopic (exact) mass is 376 g/mol. The molecule has 2 amide bonds. The van der Waals surface area contributed by atoms with Crippen LogP contribution in [-0.2, 0) is 6.54 Å². The fraction of sp³-hybridized carbons (Fsp3) is 0.227. The molecule has 0 radical (unpaired) electrons. The maximum Gasteiger partial charge on any atom is 0.336 e. The molecule has 2 aromatic carbocycles. The van der Waals surface area contributed by atoms with E-state index in [4.69, 9.17) is 4.42 Å². The molecule has 0 aliphatic carbocycles. The summed E-state index contributed by atoms with van der Waals surface area (Å²) in [4.78, 5) is 39.0. The van der Waals surface area contributed by atoms with E-state index in [1.165, 1.54) is 6.07 Å². The summed E-state index contributed by atoms with van der Waals surface area (Å²) in [5, 5.41) is 3.62. The average molecular weight is 376 g/mol. The third-order valence-electron chi connectivity index (χ3n) is 4.96. The molecule has 6 nitrogen and oxygen atoms in total. The topological polar surface area (TPSA) is 79.6 Å². The lowest BCUT2D eigenvalue weighted by atomic mass is 10.0. The minimum absolute atomic E-state index is 0.109. The molecule has 1 N–H and O–H groups in total. The summed E-state index contributed by atoms with van der Waals surface area (Å²) in [7, 11) is 0. The van der Waals surface area contributed by atoms with Crippen LogP contribution in [0.4, 0.5) is 5.69 Å². The largest absolute Gasteiger partial charge is 0.423 e. The Bertz CT molecular complexity index is 1160. The Kier molecular flexibility index (Phi) is 4.47. The van der Waals surface area contributed by atoms with Crippen LogP contribution in [0, 0.1) is 6.92 Å². The minimum Gasteiger partial charge on any atom is -0.423 e. The number of nitrogens with one attached hydrogen (secondary N) is 1. The maximum atomic E-state index is 12.9. The first-order valence-electron chi connectivity index (χ1n) is 9.25. The highest BCUT2D eigenvalue weighted by Gasteiger charge is 2.31. The van der Waals surface area contributed by atoms with Gasteiger partial charge in [-0.3, -0.25) is 9.59 Å². The van der Waals surface area contributed by atoms with E-state index in [9.17, 15) is 14.4 Å². The second-order valence-corrected chi connectivity index (χ2v) is 6.98. The fourth-order valence-electron chi connectivity index (χ4n) is 3.66. The second kappa shape index (κ2) is 6.96. The average Bonchev–Trinajstić information content (AvgIpc) is 2.97. The Morgan fingerprint density at radius 3 is 2.79 bits per heavy atom. The molecule has 0 bridgehead atoms. The van der Waals surface area contributed by atoms with Crippen molar-refractivity contribution in [3.05, 3.63) is 75.1 Å². The van der Waals surface area contributed by atoms with Gasteiger partial charge in [-0.05, 0) is 42.7 Å². The Labute approximate surface area is 161 Å². The molecule has 0 saturated heterocycles. The molecule has 0 spiro atoms. The van der Waals surface area contributed by atoms with Crippen LogP contribution in [0.25, 0.3) is 11.0 Å². The van der Waals surface area contributed by atoms with Gasteiger partial charge in [0.25, 0.3) is 11.8 Å². The summed E-state index contributed by atoms with van der Waals surface area (Å²) in [6.07, 6.45) is 0.864. The third-order valence-corrected chi connectivity index (χ3v) is 4.96. The number of aryl methyl sites for hydroxylation is 1. The molecule has 1 aliphatic rings. The van der Waals surface area contributed by atoms with Crippen molar-refractivity contribution in [1.29, 1.82) is 0 Å². The zero-order valence-electron chi connectivity index (χ0n) is 15.7. The van der Waals surface area contributed by atoms with Crippen molar-refractivity contribution in [2.75, 3.05) is 11.9 Å². The highest BCUT2D eigenvalue weighted by atomic mass is 16.4. The van der Waals surface area contributed by atoms with Gasteiger partial charge in [0, 0.05) is 36.3 Å². The molecule has 6 heteroatoms. The zero-order chi connectivity index (χ0) is 19.8. The highest BCUT2D eigenvalue weighted by Crippen LogP contribution is 2.27. The lowest BCUT2D eigenvalue weighted by molar-refractivity contribution is 0.0774. The predicted octanol–water partition coefficient (Wildman–Crippen LogP) is 3.72. The first-order valence-corrected chi connectivity index (χ1v) is 9.25. The fourth-order valence-corrected chi connectivity index (χ4v) is 3.66. The molecular formula is C22H20N2O4. The number of rotatable bonds is 4. The van der Waals surface area contributed by atoms with Crippen molar-refractivity contribution in [1.82, 2.24) is 4.90 Å². The maximum absolute atomic E-state index is 12.9. The van der Waals surface area contributed by atoms with Crippen molar-refractivity contribution < 1.29 is 14.0 Å². The van der Waals surface area contributed by atoms with Crippen LogP contribution in [0.5, 0.6) is 0 Å². The quantitative estimate of drug-likeness (QED) is 0.704. The number of amides is 2. The zero-order valence-corrected chi connectivity index (χ0v) is 15.7. The summed E-state index contributed by atoms with van der Waals surface area (Å²) in [6, 6.07) is 11.9. The number of hydrogen-bond acceptors (Lipinski definition) is 4. The van der Waals surface area contributed by atoms with Crippen LogP contribution in [0.3, 0.4) is 0 Å². The van der Waals surface area contributed by atoms with Gasteiger partial charge in [-0.1, -0.05) is 19.1 Å². The number of fused-ring (bicyclic) bond motifs is 2. The van der Waals surface area contributed by atoms with E-state index in [1.807, 2.05) is 19.9 Å². The normalized spacial score (nSPS) is 13.1. The van der Waals surface area contributed by atoms with Crippen molar-refractivity contribution >= 4 is 28.5 Å². The lowest BCUT2D eigenvalue weighted by Gasteiger charge is -2.14. The number of hydrogen-bond donors (Lipinski definition) is 1. The van der Waals surface area contributed by atoms with Crippen LogP contribution in [0.2, 0.25) is 0 Å². The third kappa shape index (κ3) is 3.07. The minimum atomic E-state index is -0.434. The SMILES string of the molecule is CCCN1Cc2cccc(C(=O)Nc3ccc4c(C)cc(=O)oc4c3)c2C1=O. The van der Waals surface area contributed by atoms with E-state index in [0.717, 1.165) is 22.9 Å². The van der Waals surface area contributed by atoms with Gasteiger partial charge in [0.05, 0.1) is 11.1 Å². The van der Waals surface area contributed by atoms with E-state index in [2.05, 4.69) is 5.32 Å². The molecule has 1 aromatic heterocycles. The van der Waals surface area contributed by atoms with Crippen molar-refractivity contribution in [2.45, 2.75) is 26.8 Å². The summed E-state index contributed by atoms with van der Waals surface area (Å²) >= 11 is 0. The highest BCUT2D eigenvalue weighted by molar-refractivity contribution is 6.14. The Hall–Kier alpha value is -3.41. The first-order chi connectivity index (χ1) is 13.5. The van der Waals surface area contributed by atoms with Gasteiger partial charge >= 0.3 is 5.63 Å². The molecule has 0 fully saturated rings. The van der Waals surface area contributed by atoms with Gasteiger partial charge in [0.2, 0.25) is 0 Å². The molecule has 1 aliphatic heterocycles. The number of anilines is 1. The summed E-state index contributed by atoms with van der Waals surface area (Å²) in [5.41, 5.74) is 2.98. The molecule has 3 aromatic rings. The molecule has 142 valence electrons. The Morgan fingerprint density at radius 1 is 1.18 bits per heavy atom. The number of nitrogens with zero attached hydrogens (tertiary/aromatic N) is 1. The standard InChI is InChI=1S/C22H20N2O4/c1-3-9-24-12-14-5-4-6-17(20(14)22(24)27)21(26)23-15-7-8-16-13(2)10-19(25)28-18(16)11-15/h4-8,10-11H,3,9,12H2,1-2H3,(H,23,26). The van der Waals surface area contributed by atoms with Crippen LogP contribution >= 0.6 is 0 Å². The second-order valence-electron chi connectivity index (χ2n) is 6.98. The molecule has 0 unspecified atom stereocenters. The van der Waals surface area contributed by atoms with Crippen molar-refractivity contribution in [3.63, 3.8) is 0 Å². The van der Waals surface area contributed by atoms with E-state index in [1.54, 1.807) is 35.2 Å². The smallest absolute Gasteiger partial charge is 0.336 e. The molecule has 0 saturated carbocycles. The van der Waals surface area contributed by atoms with Gasteiger partial charge < -0.3 is 14.6 Å². The predicted molar refractivity (Wildman–Crippen MR) is 107 cm³/mol. The number of carbonyl (C=O) groups is 2. The molecule has 2 heterocycles. The first kappa shape index (κ1) is 18.0. The van der Waals surface area contributed by atoms with Crippen LogP contribution in [0.1, 0.15) is 45.2 Å². The number of benzene rings is 2. The Balaban J connectivity index is 1.66. The van der Waals surface area contributed by atoms with E-state index < -0.39 is 5.63 Å². The molecular weight excluding hydrogens is 356 g/mol. The van der Waals surface area contributed by atoms with Crippen LogP contribution < -0.4 is 10.9 Å². The summed E-state index contributed by atoms with van der Waals surface area (Å²) in [6.45, 7) is 5.04. The molecule has 4 rings (SSSR count). The van der Waals surface area contributed by atoms with E-state index in [0.29, 0.717) is 35.5 Å². The lowest BCUT2D eigenvalue weighted by Crippen LogP contribution is -2.26. The number of carbonyl (C=O) groups excluding carboxylic acids is 2. The molecule has 0 atom stereocenters. The van der Waals surface area contributed by atoms with Gasteiger partial charge in [-0.25, -0.2) is 4.79 Å². The summed E-state index contributed by atoms with van der Waals surface area (Å²) in [5.74, 6) is -0.472. The Morgan fingerprint density at radius 2 is 2.00 bits per heavy atom. The summed E-state index contributed by atoms with van der Waals surface area (Å²) < 4.78 is 5.23. The van der Waals surface area contributed by atoms with Crippen LogP contribution in [0.15, 0.2) is 51.7 Å². The van der Waals surface area contributed by atoms with Crippen molar-refractivity contribution in [3.8, 4) is 0 Å². The van der Waals surface area contributed by atoms with E-state index in [-0.39, 0.29) is 11.8 Å². The van der Waals surface area contributed by atoms with Gasteiger partial charge in [0.15, 0.2) is 0 Å².